The first kappa shape index (κ1) is 9.52. The van der Waals surface area contributed by atoms with Crippen molar-refractivity contribution in [3.05, 3.63) is 0 Å². The van der Waals surface area contributed by atoms with Crippen LogP contribution in [0.3, 0.4) is 0 Å². The number of hydrogen-bond acceptors (Lipinski definition) is 3. The summed E-state index contributed by atoms with van der Waals surface area (Å²) in [6.07, 6.45) is 2.11. The van der Waals surface area contributed by atoms with Gasteiger partial charge >= 0.3 is 5.97 Å². The molecule has 1 saturated heterocycles. The van der Waals surface area contributed by atoms with Gasteiger partial charge < -0.3 is 9.47 Å². The topological polar surface area (TPSA) is 38.8 Å². The monoisotopic (exact) mass is 172 g/mol. The van der Waals surface area contributed by atoms with Crippen molar-refractivity contribution in [1.82, 2.24) is 0 Å². The standard InChI is InChI=1S/C9H16O3/c1-3-4-7(2)9(10)12-6-8-5-11-8/h7-8H,3-6H2,1-2H3. The van der Waals surface area contributed by atoms with Gasteiger partial charge in [-0.05, 0) is 6.42 Å². The van der Waals surface area contributed by atoms with Gasteiger partial charge in [0.2, 0.25) is 0 Å². The average molecular weight is 172 g/mol. The molecule has 0 bridgehead atoms. The Labute approximate surface area is 73.0 Å². The highest BCUT2D eigenvalue weighted by Gasteiger charge is 2.25. The smallest absolute Gasteiger partial charge is 0.308 e. The Bertz CT molecular complexity index is 152. The minimum absolute atomic E-state index is 0.0359. The van der Waals surface area contributed by atoms with E-state index in [9.17, 15) is 4.79 Å². The molecule has 0 N–H and O–H groups in total. The summed E-state index contributed by atoms with van der Waals surface area (Å²) in [7, 11) is 0. The second kappa shape index (κ2) is 4.45. The molecule has 2 atom stereocenters. The fourth-order valence-electron chi connectivity index (χ4n) is 1.03. The minimum atomic E-state index is -0.0904. The number of rotatable bonds is 5. The molecule has 0 aromatic carbocycles. The van der Waals surface area contributed by atoms with Crippen LogP contribution >= 0.6 is 0 Å². The van der Waals surface area contributed by atoms with Gasteiger partial charge in [-0.1, -0.05) is 20.3 Å². The maximum Gasteiger partial charge on any atom is 0.308 e. The number of esters is 1. The molecule has 0 aromatic rings. The van der Waals surface area contributed by atoms with E-state index in [-0.39, 0.29) is 18.0 Å². The van der Waals surface area contributed by atoms with E-state index in [1.165, 1.54) is 0 Å². The van der Waals surface area contributed by atoms with Crippen molar-refractivity contribution in [2.24, 2.45) is 5.92 Å². The zero-order valence-corrected chi connectivity index (χ0v) is 7.71. The summed E-state index contributed by atoms with van der Waals surface area (Å²) >= 11 is 0. The molecular formula is C9H16O3. The van der Waals surface area contributed by atoms with E-state index in [0.29, 0.717) is 6.61 Å². The second-order valence-electron chi connectivity index (χ2n) is 3.28. The van der Waals surface area contributed by atoms with Crippen molar-refractivity contribution in [3.8, 4) is 0 Å². The van der Waals surface area contributed by atoms with Crippen LogP contribution < -0.4 is 0 Å². The first-order valence-electron chi connectivity index (χ1n) is 4.52. The third-order valence-corrected chi connectivity index (χ3v) is 1.94. The predicted octanol–water partition coefficient (Wildman–Crippen LogP) is 1.36. The lowest BCUT2D eigenvalue weighted by molar-refractivity contribution is -0.148. The third-order valence-electron chi connectivity index (χ3n) is 1.94. The van der Waals surface area contributed by atoms with Crippen LogP contribution in [0.4, 0.5) is 0 Å². The average Bonchev–Trinajstić information content (AvgIpc) is 2.83. The summed E-state index contributed by atoms with van der Waals surface area (Å²) in [5, 5.41) is 0. The molecule has 0 saturated carbocycles. The highest BCUT2D eigenvalue weighted by Crippen LogP contribution is 2.12. The Kier molecular flexibility index (Phi) is 3.53. The highest BCUT2D eigenvalue weighted by molar-refractivity contribution is 5.71. The molecule has 3 nitrogen and oxygen atoms in total. The second-order valence-corrected chi connectivity index (χ2v) is 3.28. The van der Waals surface area contributed by atoms with Crippen molar-refractivity contribution in [2.75, 3.05) is 13.2 Å². The molecule has 12 heavy (non-hydrogen) atoms. The molecule has 0 aliphatic carbocycles. The van der Waals surface area contributed by atoms with Gasteiger partial charge in [0.1, 0.15) is 12.7 Å². The van der Waals surface area contributed by atoms with Crippen LogP contribution in [-0.2, 0) is 14.3 Å². The summed E-state index contributed by atoms with van der Waals surface area (Å²) in [5.74, 6) is -0.0545. The number of hydrogen-bond donors (Lipinski definition) is 0. The summed E-state index contributed by atoms with van der Waals surface area (Å²) in [6, 6.07) is 0. The van der Waals surface area contributed by atoms with Gasteiger partial charge in [-0.2, -0.15) is 0 Å². The Balaban J connectivity index is 2.07. The van der Waals surface area contributed by atoms with E-state index in [1.54, 1.807) is 0 Å². The zero-order chi connectivity index (χ0) is 8.97. The first-order chi connectivity index (χ1) is 5.74. The Morgan fingerprint density at radius 2 is 2.42 bits per heavy atom. The van der Waals surface area contributed by atoms with Crippen LogP contribution in [0.25, 0.3) is 0 Å². The van der Waals surface area contributed by atoms with Gasteiger partial charge in [-0.3, -0.25) is 4.79 Å². The molecule has 1 heterocycles. The van der Waals surface area contributed by atoms with Crippen molar-refractivity contribution in [3.63, 3.8) is 0 Å². The number of carbonyl (C=O) groups excluding carboxylic acids is 1. The molecule has 70 valence electrons. The summed E-state index contributed by atoms with van der Waals surface area (Å²) in [5.41, 5.74) is 0. The van der Waals surface area contributed by atoms with Crippen LogP contribution in [0.15, 0.2) is 0 Å². The zero-order valence-electron chi connectivity index (χ0n) is 7.71. The summed E-state index contributed by atoms with van der Waals surface area (Å²) in [6.45, 7) is 5.15. The van der Waals surface area contributed by atoms with Crippen molar-refractivity contribution >= 4 is 5.97 Å². The Hall–Kier alpha value is -0.570. The molecule has 0 amide bonds. The van der Waals surface area contributed by atoms with Crippen LogP contribution in [0, 0.1) is 5.92 Å². The van der Waals surface area contributed by atoms with Gasteiger partial charge in [-0.15, -0.1) is 0 Å². The summed E-state index contributed by atoms with van der Waals surface area (Å²) < 4.78 is 9.94. The van der Waals surface area contributed by atoms with Crippen LogP contribution in [0.1, 0.15) is 26.7 Å². The number of ether oxygens (including phenoxy) is 2. The molecule has 1 aliphatic rings. The number of carbonyl (C=O) groups is 1. The van der Waals surface area contributed by atoms with E-state index in [1.807, 2.05) is 6.92 Å². The van der Waals surface area contributed by atoms with Crippen LogP contribution in [0.5, 0.6) is 0 Å². The fourth-order valence-corrected chi connectivity index (χ4v) is 1.03. The molecule has 0 aromatic heterocycles. The quantitative estimate of drug-likeness (QED) is 0.464. The first-order valence-corrected chi connectivity index (χ1v) is 4.52. The molecule has 1 rings (SSSR count). The highest BCUT2D eigenvalue weighted by atomic mass is 16.6. The minimum Gasteiger partial charge on any atom is -0.463 e. The van der Waals surface area contributed by atoms with Gasteiger partial charge in [-0.25, -0.2) is 0 Å². The maximum absolute atomic E-state index is 11.2. The van der Waals surface area contributed by atoms with E-state index in [0.717, 1.165) is 19.4 Å². The van der Waals surface area contributed by atoms with Gasteiger partial charge in [0.05, 0.1) is 12.5 Å². The maximum atomic E-state index is 11.2. The molecule has 3 heteroatoms. The molecule has 0 radical (unpaired) electrons. The molecule has 0 spiro atoms. The SMILES string of the molecule is CCCC(C)C(=O)OCC1CO1. The lowest BCUT2D eigenvalue weighted by Crippen LogP contribution is -2.17. The van der Waals surface area contributed by atoms with Gasteiger partial charge in [0, 0.05) is 0 Å². The molecule has 1 aliphatic heterocycles. The van der Waals surface area contributed by atoms with Crippen molar-refractivity contribution < 1.29 is 14.3 Å². The Morgan fingerprint density at radius 1 is 1.75 bits per heavy atom. The van der Waals surface area contributed by atoms with Gasteiger partial charge in [0.15, 0.2) is 0 Å². The molecular weight excluding hydrogens is 156 g/mol. The summed E-state index contributed by atoms with van der Waals surface area (Å²) in [4.78, 5) is 11.2. The normalized spacial score (nSPS) is 23.3. The Morgan fingerprint density at radius 3 is 2.92 bits per heavy atom. The predicted molar refractivity (Wildman–Crippen MR) is 44.8 cm³/mol. The molecule has 1 fully saturated rings. The van der Waals surface area contributed by atoms with Crippen LogP contribution in [-0.4, -0.2) is 25.3 Å². The largest absolute Gasteiger partial charge is 0.463 e. The van der Waals surface area contributed by atoms with E-state index < -0.39 is 0 Å². The van der Waals surface area contributed by atoms with Crippen LogP contribution in [0.2, 0.25) is 0 Å². The van der Waals surface area contributed by atoms with E-state index >= 15 is 0 Å². The van der Waals surface area contributed by atoms with E-state index in [4.69, 9.17) is 9.47 Å². The lowest BCUT2D eigenvalue weighted by atomic mass is 10.1. The van der Waals surface area contributed by atoms with E-state index in [2.05, 4.69) is 6.92 Å². The molecule has 2 unspecified atom stereocenters. The van der Waals surface area contributed by atoms with Crippen molar-refractivity contribution in [2.45, 2.75) is 32.8 Å². The third kappa shape index (κ3) is 3.22. The number of epoxide rings is 1. The van der Waals surface area contributed by atoms with Gasteiger partial charge in [0.25, 0.3) is 0 Å². The van der Waals surface area contributed by atoms with Crippen molar-refractivity contribution in [1.29, 1.82) is 0 Å². The fraction of sp³-hybridized carbons (Fsp3) is 0.889. The lowest BCUT2D eigenvalue weighted by Gasteiger charge is -2.08.